The molecule has 0 aliphatic rings. The van der Waals surface area contributed by atoms with Crippen LogP contribution in [0.4, 0.5) is 0 Å². The van der Waals surface area contributed by atoms with Crippen molar-refractivity contribution in [1.29, 1.82) is 0 Å². The van der Waals surface area contributed by atoms with E-state index in [0.29, 0.717) is 0 Å². The Balaban J connectivity index is 2.02. The highest BCUT2D eigenvalue weighted by Crippen LogP contribution is 2.29. The maximum atomic E-state index is 5.97. The van der Waals surface area contributed by atoms with Gasteiger partial charge >= 0.3 is 0 Å². The van der Waals surface area contributed by atoms with E-state index in [0.717, 1.165) is 27.8 Å². The third-order valence-corrected chi connectivity index (χ3v) is 3.92. The third kappa shape index (κ3) is 2.64. The van der Waals surface area contributed by atoms with Crippen LogP contribution in [0.3, 0.4) is 0 Å². The second-order valence-electron chi connectivity index (χ2n) is 5.28. The second kappa shape index (κ2) is 5.46. The summed E-state index contributed by atoms with van der Waals surface area (Å²) in [6, 6.07) is 7.90. The molecule has 2 N–H and O–H groups in total. The maximum Gasteiger partial charge on any atom is 0.216 e. The minimum absolute atomic E-state index is 0.156. The summed E-state index contributed by atoms with van der Waals surface area (Å²) in [6.45, 7) is 5.95. The van der Waals surface area contributed by atoms with Gasteiger partial charge in [0.25, 0.3) is 0 Å². The first-order valence-electron chi connectivity index (χ1n) is 6.91. The molecule has 5 nitrogen and oxygen atoms in total. The molecule has 1 unspecified atom stereocenters. The van der Waals surface area contributed by atoms with E-state index in [1.54, 1.807) is 11.3 Å². The number of fused-ring (bicyclic) bond motifs is 1. The fraction of sp³-hybridized carbons (Fsp3) is 0.333. The molecular formula is C15H18N4OS. The predicted molar refractivity (Wildman–Crippen MR) is 84.7 cm³/mol. The highest BCUT2D eigenvalue weighted by atomic mass is 32.1. The van der Waals surface area contributed by atoms with Crippen molar-refractivity contribution in [2.75, 3.05) is 0 Å². The molecule has 0 saturated carbocycles. The smallest absolute Gasteiger partial charge is 0.216 e. The predicted octanol–water partition coefficient (Wildman–Crippen LogP) is 3.26. The molecule has 110 valence electrons. The van der Waals surface area contributed by atoms with Crippen LogP contribution in [-0.2, 0) is 0 Å². The minimum atomic E-state index is -0.156. The molecular weight excluding hydrogens is 284 g/mol. The van der Waals surface area contributed by atoms with E-state index in [4.69, 9.17) is 10.5 Å². The molecule has 0 aliphatic carbocycles. The lowest BCUT2D eigenvalue weighted by molar-refractivity contribution is 0.242. The van der Waals surface area contributed by atoms with Gasteiger partial charge in [0, 0.05) is 5.38 Å². The van der Waals surface area contributed by atoms with Crippen molar-refractivity contribution in [2.24, 2.45) is 5.73 Å². The first-order chi connectivity index (χ1) is 10.1. The summed E-state index contributed by atoms with van der Waals surface area (Å²) in [6.07, 6.45) is 0.172. The van der Waals surface area contributed by atoms with Gasteiger partial charge in [0.05, 0.1) is 17.8 Å². The van der Waals surface area contributed by atoms with Gasteiger partial charge in [-0.05, 0) is 50.6 Å². The number of aromatic nitrogens is 3. The van der Waals surface area contributed by atoms with Gasteiger partial charge in [-0.3, -0.25) is 4.40 Å². The monoisotopic (exact) mass is 302 g/mol. The van der Waals surface area contributed by atoms with Crippen molar-refractivity contribution in [1.82, 2.24) is 14.6 Å². The summed E-state index contributed by atoms with van der Waals surface area (Å²) in [4.78, 5) is 0.861. The van der Waals surface area contributed by atoms with Gasteiger partial charge < -0.3 is 10.5 Å². The van der Waals surface area contributed by atoms with Gasteiger partial charge in [-0.2, -0.15) is 0 Å². The quantitative estimate of drug-likeness (QED) is 0.803. The van der Waals surface area contributed by atoms with Crippen LogP contribution >= 0.6 is 11.3 Å². The van der Waals surface area contributed by atoms with Crippen LogP contribution in [0.25, 0.3) is 16.2 Å². The van der Waals surface area contributed by atoms with Crippen molar-refractivity contribution >= 4 is 16.3 Å². The van der Waals surface area contributed by atoms with Gasteiger partial charge in [0.2, 0.25) is 4.96 Å². The normalized spacial score (nSPS) is 13.0. The number of ether oxygens (including phenoxy) is 1. The molecule has 0 saturated heterocycles. The van der Waals surface area contributed by atoms with Crippen LogP contribution in [0.1, 0.15) is 32.6 Å². The zero-order valence-electron chi connectivity index (χ0n) is 12.3. The van der Waals surface area contributed by atoms with E-state index in [1.807, 2.05) is 49.4 Å². The molecule has 3 rings (SSSR count). The van der Waals surface area contributed by atoms with E-state index in [1.165, 1.54) is 0 Å². The topological polar surface area (TPSA) is 65.4 Å². The number of nitrogens with zero attached hydrogens (tertiary/aromatic N) is 3. The molecule has 0 spiro atoms. The molecule has 0 bridgehead atoms. The van der Waals surface area contributed by atoms with Crippen LogP contribution in [0.2, 0.25) is 0 Å². The summed E-state index contributed by atoms with van der Waals surface area (Å²) in [7, 11) is 0. The van der Waals surface area contributed by atoms with E-state index in [-0.39, 0.29) is 12.1 Å². The van der Waals surface area contributed by atoms with Gasteiger partial charge in [0.1, 0.15) is 5.75 Å². The second-order valence-corrected chi connectivity index (χ2v) is 6.11. The highest BCUT2D eigenvalue weighted by molar-refractivity contribution is 7.15. The van der Waals surface area contributed by atoms with Crippen LogP contribution < -0.4 is 10.5 Å². The molecule has 2 heterocycles. The summed E-state index contributed by atoms with van der Waals surface area (Å²) in [5, 5.41) is 10.4. The molecule has 3 aromatic rings. The Morgan fingerprint density at radius 3 is 2.48 bits per heavy atom. The SMILES string of the molecule is CC(C)Oc1ccc(-c2csc3nnc(C(C)N)n23)cc1. The molecule has 1 atom stereocenters. The number of hydrogen-bond acceptors (Lipinski definition) is 5. The zero-order chi connectivity index (χ0) is 15.0. The minimum Gasteiger partial charge on any atom is -0.491 e. The number of rotatable bonds is 4. The van der Waals surface area contributed by atoms with Crippen molar-refractivity contribution in [2.45, 2.75) is 32.9 Å². The average molecular weight is 302 g/mol. The van der Waals surface area contributed by atoms with E-state index < -0.39 is 0 Å². The Labute approximate surface area is 127 Å². The molecule has 0 radical (unpaired) electrons. The lowest BCUT2D eigenvalue weighted by atomic mass is 10.1. The number of hydrogen-bond donors (Lipinski definition) is 1. The molecule has 1 aromatic carbocycles. The Hall–Kier alpha value is -1.92. The Bertz CT molecular complexity index is 743. The maximum absolute atomic E-state index is 5.97. The van der Waals surface area contributed by atoms with Crippen molar-refractivity contribution in [3.63, 3.8) is 0 Å². The fourth-order valence-electron chi connectivity index (χ4n) is 2.21. The molecule has 0 fully saturated rings. The Kier molecular flexibility index (Phi) is 3.65. The summed E-state index contributed by atoms with van der Waals surface area (Å²) in [5.41, 5.74) is 8.13. The van der Waals surface area contributed by atoms with Crippen LogP contribution in [0.5, 0.6) is 5.75 Å². The molecule has 0 aliphatic heterocycles. The molecule has 21 heavy (non-hydrogen) atoms. The van der Waals surface area contributed by atoms with E-state index in [2.05, 4.69) is 15.6 Å². The van der Waals surface area contributed by atoms with Gasteiger partial charge in [-0.1, -0.05) is 0 Å². The van der Waals surface area contributed by atoms with Crippen LogP contribution in [0.15, 0.2) is 29.6 Å². The first-order valence-corrected chi connectivity index (χ1v) is 7.79. The van der Waals surface area contributed by atoms with Crippen LogP contribution in [-0.4, -0.2) is 20.7 Å². The summed E-state index contributed by atoms with van der Waals surface area (Å²) in [5.74, 6) is 1.65. The van der Waals surface area contributed by atoms with Crippen molar-refractivity contribution < 1.29 is 4.74 Å². The van der Waals surface area contributed by atoms with Gasteiger partial charge in [0.15, 0.2) is 5.82 Å². The zero-order valence-corrected chi connectivity index (χ0v) is 13.1. The van der Waals surface area contributed by atoms with Crippen LogP contribution in [0, 0.1) is 0 Å². The summed E-state index contributed by atoms with van der Waals surface area (Å²) >= 11 is 1.56. The number of nitrogens with two attached hydrogens (primary N) is 1. The first kappa shape index (κ1) is 14.0. The van der Waals surface area contributed by atoms with Crippen molar-refractivity contribution in [3.8, 4) is 17.0 Å². The Morgan fingerprint density at radius 1 is 1.14 bits per heavy atom. The third-order valence-electron chi connectivity index (χ3n) is 3.10. The molecule has 2 aromatic heterocycles. The lowest BCUT2D eigenvalue weighted by Crippen LogP contribution is -2.10. The lowest BCUT2D eigenvalue weighted by Gasteiger charge is -2.10. The van der Waals surface area contributed by atoms with E-state index >= 15 is 0 Å². The largest absolute Gasteiger partial charge is 0.491 e. The molecule has 6 heteroatoms. The summed E-state index contributed by atoms with van der Waals surface area (Å²) < 4.78 is 7.69. The van der Waals surface area contributed by atoms with Gasteiger partial charge in [-0.15, -0.1) is 21.5 Å². The fourth-order valence-corrected chi connectivity index (χ4v) is 3.06. The standard InChI is InChI=1S/C15H18N4OS/c1-9(2)20-12-6-4-11(5-7-12)13-8-21-15-18-17-14(10(3)16)19(13)15/h4-10H,16H2,1-3H3. The number of thiazole rings is 1. The Morgan fingerprint density at radius 2 is 1.86 bits per heavy atom. The molecule has 0 amide bonds. The van der Waals surface area contributed by atoms with E-state index in [9.17, 15) is 0 Å². The van der Waals surface area contributed by atoms with Gasteiger partial charge in [-0.25, -0.2) is 0 Å². The highest BCUT2D eigenvalue weighted by Gasteiger charge is 2.15. The average Bonchev–Trinajstić information content (AvgIpc) is 3.00. The number of benzene rings is 1. The van der Waals surface area contributed by atoms with Crippen molar-refractivity contribution in [3.05, 3.63) is 35.5 Å².